The molecule has 21 nitrogen and oxygen atoms in total. The first-order valence-electron chi connectivity index (χ1n) is 15.9. The smallest absolute Gasteiger partial charge is 0.414 e. The van der Waals surface area contributed by atoms with Gasteiger partial charge in [-0.15, -0.1) is 25.3 Å². The fraction of sp³-hybridized carbons (Fsp3) is 0.643. The number of fused-ring (bicyclic) bond motifs is 1. The molecule has 2 aliphatic rings. The van der Waals surface area contributed by atoms with Crippen LogP contribution in [0.15, 0.2) is 18.2 Å². The zero-order valence-corrected chi connectivity index (χ0v) is 26.8. The van der Waals surface area contributed by atoms with Crippen LogP contribution in [0.5, 0.6) is 5.75 Å². The number of nitrogens with zero attached hydrogens (tertiary/aromatic N) is 8. The monoisotopic (exact) mass is 693 g/mol. The van der Waals surface area contributed by atoms with Crippen LogP contribution in [0.3, 0.4) is 0 Å². The summed E-state index contributed by atoms with van der Waals surface area (Å²) >= 11 is 0. The highest BCUT2D eigenvalue weighted by Gasteiger charge is 2.31. The number of benzene rings is 1. The number of ether oxygens (including phenoxy) is 3. The molecule has 1 unspecified atom stereocenters. The summed E-state index contributed by atoms with van der Waals surface area (Å²) in [5, 5.41) is 31.3. The Morgan fingerprint density at radius 3 is 2.53 bits per heavy atom. The molecule has 1 aliphatic carbocycles. The SMILES string of the molecule is NC(=O)OC(CCO[N+](=O)[O-])N(CCO[N+](=O)[O-])C(=O)OCN1C(=O)CCc2cc(OCCCCc3nnnn3C3CCCCC3)ccc21. The fourth-order valence-electron chi connectivity index (χ4n) is 5.74. The molecule has 3 amide bonds. The van der Waals surface area contributed by atoms with Crippen LogP contribution in [0.25, 0.3) is 0 Å². The van der Waals surface area contributed by atoms with Crippen LogP contribution in [0, 0.1) is 20.2 Å². The first-order chi connectivity index (χ1) is 23.6. The molecule has 1 aliphatic heterocycles. The van der Waals surface area contributed by atoms with E-state index < -0.39 is 61.5 Å². The molecule has 268 valence electrons. The molecular formula is C28H39N9O12. The van der Waals surface area contributed by atoms with E-state index >= 15 is 0 Å². The Morgan fingerprint density at radius 2 is 1.80 bits per heavy atom. The third kappa shape index (κ3) is 11.0. The van der Waals surface area contributed by atoms with Gasteiger partial charge in [-0.2, -0.15) is 0 Å². The van der Waals surface area contributed by atoms with Crippen LogP contribution in [-0.4, -0.2) is 92.7 Å². The number of unbranched alkanes of at least 4 members (excludes halogenated alkanes) is 1. The van der Waals surface area contributed by atoms with E-state index in [0.717, 1.165) is 43.5 Å². The molecule has 0 radical (unpaired) electrons. The molecule has 1 aromatic heterocycles. The summed E-state index contributed by atoms with van der Waals surface area (Å²) in [6.07, 6.45) is 4.22. The van der Waals surface area contributed by atoms with E-state index in [0.29, 0.717) is 35.4 Å². The van der Waals surface area contributed by atoms with Crippen molar-refractivity contribution in [2.24, 2.45) is 5.73 Å². The van der Waals surface area contributed by atoms with Gasteiger partial charge in [-0.05, 0) is 66.3 Å². The summed E-state index contributed by atoms with van der Waals surface area (Å²) in [6, 6.07) is 5.55. The second kappa shape index (κ2) is 18.2. The molecule has 1 saturated carbocycles. The first kappa shape index (κ1) is 36.3. The van der Waals surface area contributed by atoms with Gasteiger partial charge in [-0.1, -0.05) is 19.3 Å². The number of hydrogen-bond acceptors (Lipinski definition) is 15. The number of carbonyl (C=O) groups excluding carboxylic acids is 3. The molecule has 49 heavy (non-hydrogen) atoms. The molecule has 1 atom stereocenters. The second-order valence-corrected chi connectivity index (χ2v) is 11.3. The van der Waals surface area contributed by atoms with Gasteiger partial charge in [0.2, 0.25) is 5.91 Å². The number of rotatable bonds is 19. The third-order valence-corrected chi connectivity index (χ3v) is 8.04. The Balaban J connectivity index is 1.32. The maximum atomic E-state index is 13.1. The van der Waals surface area contributed by atoms with Crippen molar-refractivity contribution in [3.63, 3.8) is 0 Å². The number of anilines is 1. The summed E-state index contributed by atoms with van der Waals surface area (Å²) in [4.78, 5) is 69.0. The lowest BCUT2D eigenvalue weighted by Gasteiger charge is -2.32. The van der Waals surface area contributed by atoms with Crippen molar-refractivity contribution in [1.29, 1.82) is 0 Å². The number of aromatic nitrogens is 4. The van der Waals surface area contributed by atoms with Crippen LogP contribution in [0.2, 0.25) is 0 Å². The van der Waals surface area contributed by atoms with Crippen LogP contribution >= 0.6 is 0 Å². The van der Waals surface area contributed by atoms with E-state index in [9.17, 15) is 34.6 Å². The maximum absolute atomic E-state index is 13.1. The van der Waals surface area contributed by atoms with Crippen molar-refractivity contribution in [3.05, 3.63) is 49.8 Å². The highest BCUT2D eigenvalue weighted by atomic mass is 17.0. The second-order valence-electron chi connectivity index (χ2n) is 11.3. The van der Waals surface area contributed by atoms with Gasteiger partial charge in [-0.25, -0.2) is 14.3 Å². The minimum absolute atomic E-state index is 0.121. The fourth-order valence-corrected chi connectivity index (χ4v) is 5.74. The number of carbonyl (C=O) groups is 3. The molecule has 4 rings (SSSR count). The van der Waals surface area contributed by atoms with Gasteiger partial charge in [0, 0.05) is 19.3 Å². The lowest BCUT2D eigenvalue weighted by atomic mass is 9.95. The van der Waals surface area contributed by atoms with Crippen molar-refractivity contribution in [3.8, 4) is 5.75 Å². The summed E-state index contributed by atoms with van der Waals surface area (Å²) in [5.41, 5.74) is 6.35. The number of amides is 3. The van der Waals surface area contributed by atoms with Crippen molar-refractivity contribution in [1.82, 2.24) is 25.1 Å². The maximum Gasteiger partial charge on any atom is 0.414 e. The average Bonchev–Trinajstić information content (AvgIpc) is 3.54. The zero-order chi connectivity index (χ0) is 35.2. The van der Waals surface area contributed by atoms with Crippen molar-refractivity contribution in [2.45, 2.75) is 82.9 Å². The normalized spacial score (nSPS) is 15.1. The van der Waals surface area contributed by atoms with Crippen LogP contribution < -0.4 is 15.4 Å². The molecule has 2 heterocycles. The van der Waals surface area contributed by atoms with Gasteiger partial charge in [0.25, 0.3) is 10.2 Å². The standard InChI is InChI=1S/C28H39N9O12/c29-27(39)49-26(13-16-47-36(41)42)33(14-17-48-37(43)44)28(40)46-19-34-23-11-10-22(18-20(23)9-12-25(34)38)45-15-5-4-8-24-30-31-32-35(24)21-6-2-1-3-7-21/h10-11,18,21,26H,1-9,12-17,19H2,(H2,29,39). The van der Waals surface area contributed by atoms with E-state index in [1.54, 1.807) is 12.1 Å². The molecule has 1 aromatic carbocycles. The first-order valence-corrected chi connectivity index (χ1v) is 15.9. The average molecular weight is 694 g/mol. The zero-order valence-electron chi connectivity index (χ0n) is 26.8. The van der Waals surface area contributed by atoms with Crippen LogP contribution in [0.4, 0.5) is 15.3 Å². The van der Waals surface area contributed by atoms with Gasteiger partial charge in [0.1, 0.15) is 19.0 Å². The molecule has 2 aromatic rings. The Morgan fingerprint density at radius 1 is 1.04 bits per heavy atom. The minimum Gasteiger partial charge on any atom is -0.494 e. The van der Waals surface area contributed by atoms with Crippen molar-refractivity contribution >= 4 is 23.8 Å². The third-order valence-electron chi connectivity index (χ3n) is 8.04. The summed E-state index contributed by atoms with van der Waals surface area (Å²) in [7, 11) is 0. The number of hydrogen-bond donors (Lipinski definition) is 1. The van der Waals surface area contributed by atoms with Gasteiger partial charge < -0.3 is 29.6 Å². The number of tetrazole rings is 1. The molecule has 2 N–H and O–H groups in total. The minimum atomic E-state index is -1.57. The molecule has 0 spiro atoms. The van der Waals surface area contributed by atoms with E-state index in [1.807, 2.05) is 10.7 Å². The predicted octanol–water partition coefficient (Wildman–Crippen LogP) is 2.48. The Bertz CT molecular complexity index is 1450. The molecule has 0 bridgehead atoms. The van der Waals surface area contributed by atoms with Gasteiger partial charge in [0.15, 0.2) is 18.8 Å². The topological polar surface area (TPSA) is 260 Å². The summed E-state index contributed by atoms with van der Waals surface area (Å²) < 4.78 is 18.2. The number of aryl methyl sites for hydroxylation is 2. The van der Waals surface area contributed by atoms with Crippen molar-refractivity contribution in [2.75, 3.05) is 38.0 Å². The summed E-state index contributed by atoms with van der Waals surface area (Å²) in [6.45, 7) is -1.93. The van der Waals surface area contributed by atoms with Gasteiger partial charge in [0.05, 0.1) is 24.9 Å². The van der Waals surface area contributed by atoms with Gasteiger partial charge >= 0.3 is 12.2 Å². The highest BCUT2D eigenvalue weighted by molar-refractivity contribution is 5.96. The Labute approximate surface area is 279 Å². The molecule has 1 fully saturated rings. The number of nitrogens with two attached hydrogens (primary N) is 1. The molecule has 0 saturated heterocycles. The highest BCUT2D eigenvalue weighted by Crippen LogP contribution is 2.32. The van der Waals surface area contributed by atoms with Crippen LogP contribution in [0.1, 0.15) is 75.2 Å². The van der Waals surface area contributed by atoms with E-state index in [-0.39, 0.29) is 12.3 Å². The largest absolute Gasteiger partial charge is 0.494 e. The van der Waals surface area contributed by atoms with E-state index in [1.165, 1.54) is 24.2 Å². The lowest BCUT2D eigenvalue weighted by Crippen LogP contribution is -2.48. The molecule has 21 heteroatoms. The van der Waals surface area contributed by atoms with Crippen molar-refractivity contribution < 1.29 is 48.4 Å². The van der Waals surface area contributed by atoms with Gasteiger partial charge in [-0.3, -0.25) is 14.6 Å². The number of primary amides is 1. The predicted molar refractivity (Wildman–Crippen MR) is 164 cm³/mol. The Hall–Kier alpha value is -5.50. The summed E-state index contributed by atoms with van der Waals surface area (Å²) in [5.74, 6) is 1.16. The van der Waals surface area contributed by atoms with Crippen LogP contribution in [-0.2, 0) is 36.8 Å². The lowest BCUT2D eigenvalue weighted by molar-refractivity contribution is -0.758. The van der Waals surface area contributed by atoms with E-state index in [4.69, 9.17) is 19.9 Å². The molecular weight excluding hydrogens is 654 g/mol. The quantitative estimate of drug-likeness (QED) is 0.0959. The van der Waals surface area contributed by atoms with E-state index in [2.05, 4.69) is 25.2 Å². The Kier molecular flexibility index (Phi) is 13.5.